The fourth-order valence-electron chi connectivity index (χ4n) is 1.30. The van der Waals surface area contributed by atoms with Gasteiger partial charge in [-0.3, -0.25) is 0 Å². The number of nitrogens with two attached hydrogens (primary N) is 1. The summed E-state index contributed by atoms with van der Waals surface area (Å²) in [6.45, 7) is 0.480. The number of anilines is 2. The molecule has 0 saturated heterocycles. The Morgan fingerprint density at radius 2 is 2.29 bits per heavy atom. The molecule has 0 radical (unpaired) electrons. The highest BCUT2D eigenvalue weighted by Crippen LogP contribution is 2.14. The zero-order chi connectivity index (χ0) is 12.1. The average molecular weight is 226 g/mol. The number of nitrogens with one attached hydrogen (secondary N) is 1. The van der Waals surface area contributed by atoms with Gasteiger partial charge < -0.3 is 11.1 Å². The molecule has 6 heteroatoms. The standard InChI is InChI=1S/C11H10N6/c12-4-8-3-9(13)5-15-11(8)16-6-10-1-2-14-7-17-10/h1-3,5,7H,6,13H2,(H,15,16). The second kappa shape index (κ2) is 4.90. The van der Waals surface area contributed by atoms with E-state index in [-0.39, 0.29) is 0 Å². The van der Waals surface area contributed by atoms with E-state index in [2.05, 4.69) is 20.3 Å². The zero-order valence-electron chi connectivity index (χ0n) is 8.96. The van der Waals surface area contributed by atoms with Crippen LogP contribution in [0.25, 0.3) is 0 Å². The highest BCUT2D eigenvalue weighted by Gasteiger charge is 2.03. The molecule has 0 spiro atoms. The number of nitrogen functional groups attached to an aromatic ring is 1. The molecular formula is C11H10N6. The molecule has 2 heterocycles. The largest absolute Gasteiger partial charge is 0.397 e. The summed E-state index contributed by atoms with van der Waals surface area (Å²) in [5.41, 5.74) is 7.25. The first-order valence-electron chi connectivity index (χ1n) is 4.94. The van der Waals surface area contributed by atoms with Crippen molar-refractivity contribution in [3.8, 4) is 6.07 Å². The second-order valence-corrected chi connectivity index (χ2v) is 3.33. The monoisotopic (exact) mass is 226 g/mol. The van der Waals surface area contributed by atoms with Crippen molar-refractivity contribution in [3.63, 3.8) is 0 Å². The Kier molecular flexibility index (Phi) is 3.12. The van der Waals surface area contributed by atoms with Crippen LogP contribution in [0.1, 0.15) is 11.3 Å². The minimum Gasteiger partial charge on any atom is -0.397 e. The number of rotatable bonds is 3. The number of aromatic nitrogens is 3. The van der Waals surface area contributed by atoms with Gasteiger partial charge in [-0.25, -0.2) is 15.0 Å². The van der Waals surface area contributed by atoms with E-state index >= 15 is 0 Å². The fraction of sp³-hybridized carbons (Fsp3) is 0.0909. The molecule has 2 aromatic heterocycles. The van der Waals surface area contributed by atoms with E-state index in [1.54, 1.807) is 18.3 Å². The maximum atomic E-state index is 8.93. The van der Waals surface area contributed by atoms with E-state index in [0.717, 1.165) is 5.69 Å². The Morgan fingerprint density at radius 3 is 3.00 bits per heavy atom. The van der Waals surface area contributed by atoms with Gasteiger partial charge in [0.05, 0.1) is 29.7 Å². The summed E-state index contributed by atoms with van der Waals surface area (Å²) in [6, 6.07) is 5.40. The molecule has 0 aliphatic heterocycles. The zero-order valence-corrected chi connectivity index (χ0v) is 8.96. The summed E-state index contributed by atoms with van der Waals surface area (Å²) < 4.78 is 0. The molecule has 84 valence electrons. The maximum Gasteiger partial charge on any atom is 0.144 e. The third kappa shape index (κ3) is 2.66. The van der Waals surface area contributed by atoms with Gasteiger partial charge in [0.25, 0.3) is 0 Å². The van der Waals surface area contributed by atoms with Crippen LogP contribution in [0.15, 0.2) is 30.9 Å². The van der Waals surface area contributed by atoms with Crippen LogP contribution in [0.2, 0.25) is 0 Å². The van der Waals surface area contributed by atoms with Gasteiger partial charge in [0.15, 0.2) is 0 Å². The van der Waals surface area contributed by atoms with Crippen molar-refractivity contribution in [3.05, 3.63) is 42.1 Å². The molecule has 2 aromatic rings. The molecular weight excluding hydrogens is 216 g/mol. The summed E-state index contributed by atoms with van der Waals surface area (Å²) >= 11 is 0. The Labute approximate surface area is 98.2 Å². The predicted molar refractivity (Wildman–Crippen MR) is 62.7 cm³/mol. The van der Waals surface area contributed by atoms with E-state index in [1.165, 1.54) is 12.5 Å². The molecule has 0 aliphatic rings. The van der Waals surface area contributed by atoms with Gasteiger partial charge in [-0.15, -0.1) is 0 Å². The van der Waals surface area contributed by atoms with Gasteiger partial charge in [0.2, 0.25) is 0 Å². The Morgan fingerprint density at radius 1 is 1.41 bits per heavy atom. The van der Waals surface area contributed by atoms with Gasteiger partial charge in [0.1, 0.15) is 18.2 Å². The normalized spacial score (nSPS) is 9.59. The van der Waals surface area contributed by atoms with Crippen molar-refractivity contribution in [2.24, 2.45) is 0 Å². The number of hydrogen-bond donors (Lipinski definition) is 2. The van der Waals surface area contributed by atoms with E-state index in [1.807, 2.05) is 6.07 Å². The van der Waals surface area contributed by atoms with E-state index in [9.17, 15) is 0 Å². The van der Waals surface area contributed by atoms with Crippen molar-refractivity contribution in [2.75, 3.05) is 11.1 Å². The van der Waals surface area contributed by atoms with E-state index in [4.69, 9.17) is 11.0 Å². The highest BCUT2D eigenvalue weighted by molar-refractivity contribution is 5.57. The van der Waals surface area contributed by atoms with E-state index in [0.29, 0.717) is 23.6 Å². The molecule has 0 atom stereocenters. The van der Waals surface area contributed by atoms with Crippen LogP contribution in [0.3, 0.4) is 0 Å². The molecule has 6 nitrogen and oxygen atoms in total. The summed E-state index contributed by atoms with van der Waals surface area (Å²) in [7, 11) is 0. The van der Waals surface area contributed by atoms with Crippen molar-refractivity contribution in [1.29, 1.82) is 5.26 Å². The van der Waals surface area contributed by atoms with Gasteiger partial charge in [-0.1, -0.05) is 0 Å². The van der Waals surface area contributed by atoms with Crippen LogP contribution in [0.5, 0.6) is 0 Å². The molecule has 17 heavy (non-hydrogen) atoms. The first-order valence-corrected chi connectivity index (χ1v) is 4.94. The molecule has 2 rings (SSSR count). The average Bonchev–Trinajstić information content (AvgIpc) is 2.38. The molecule has 3 N–H and O–H groups in total. The summed E-state index contributed by atoms with van der Waals surface area (Å²) in [6.07, 6.45) is 4.63. The minimum absolute atomic E-state index is 0.416. The van der Waals surface area contributed by atoms with Crippen LogP contribution in [-0.4, -0.2) is 15.0 Å². The lowest BCUT2D eigenvalue weighted by molar-refractivity contribution is 0.995. The van der Waals surface area contributed by atoms with Crippen LogP contribution >= 0.6 is 0 Å². The number of hydrogen-bond acceptors (Lipinski definition) is 6. The highest BCUT2D eigenvalue weighted by atomic mass is 15.0. The van der Waals surface area contributed by atoms with Crippen LogP contribution in [0, 0.1) is 11.3 Å². The first-order chi connectivity index (χ1) is 8.29. The summed E-state index contributed by atoms with van der Waals surface area (Å²) in [5.74, 6) is 0.500. The molecule has 0 saturated carbocycles. The number of pyridine rings is 1. The van der Waals surface area contributed by atoms with Gasteiger partial charge >= 0.3 is 0 Å². The SMILES string of the molecule is N#Cc1cc(N)cnc1NCc1ccncn1. The van der Waals surface area contributed by atoms with Crippen LogP contribution in [-0.2, 0) is 6.54 Å². The third-order valence-electron chi connectivity index (χ3n) is 2.11. The molecule has 0 aromatic carbocycles. The van der Waals surface area contributed by atoms with Crippen LogP contribution in [0.4, 0.5) is 11.5 Å². The van der Waals surface area contributed by atoms with Crippen molar-refractivity contribution >= 4 is 11.5 Å². The lowest BCUT2D eigenvalue weighted by Gasteiger charge is -2.06. The molecule has 0 amide bonds. The molecule has 0 fully saturated rings. The third-order valence-corrected chi connectivity index (χ3v) is 2.11. The summed E-state index contributed by atoms with van der Waals surface area (Å²) in [4.78, 5) is 11.9. The Bertz CT molecular complexity index is 546. The van der Waals surface area contributed by atoms with Gasteiger partial charge in [0, 0.05) is 6.20 Å². The first kappa shape index (κ1) is 10.8. The maximum absolute atomic E-state index is 8.93. The molecule has 0 unspecified atom stereocenters. The van der Waals surface area contributed by atoms with Crippen molar-refractivity contribution in [1.82, 2.24) is 15.0 Å². The predicted octanol–water partition coefficient (Wildman–Crippen LogP) is 0.938. The van der Waals surface area contributed by atoms with Crippen molar-refractivity contribution < 1.29 is 0 Å². The topological polar surface area (TPSA) is 101 Å². The van der Waals surface area contributed by atoms with Crippen LogP contribution < -0.4 is 11.1 Å². The van der Waals surface area contributed by atoms with Crippen molar-refractivity contribution in [2.45, 2.75) is 6.54 Å². The Balaban J connectivity index is 2.12. The lowest BCUT2D eigenvalue weighted by atomic mass is 10.2. The van der Waals surface area contributed by atoms with Gasteiger partial charge in [-0.2, -0.15) is 5.26 Å². The fourth-order valence-corrected chi connectivity index (χ4v) is 1.30. The second-order valence-electron chi connectivity index (χ2n) is 3.33. The molecule has 0 aliphatic carbocycles. The Hall–Kier alpha value is -2.68. The smallest absolute Gasteiger partial charge is 0.144 e. The summed E-state index contributed by atoms with van der Waals surface area (Å²) in [5, 5.41) is 12.0. The van der Waals surface area contributed by atoms with E-state index < -0.39 is 0 Å². The number of nitriles is 1. The lowest BCUT2D eigenvalue weighted by Crippen LogP contribution is -2.05. The molecule has 0 bridgehead atoms. The minimum atomic E-state index is 0.416. The van der Waals surface area contributed by atoms with Gasteiger partial charge in [-0.05, 0) is 12.1 Å². The quantitative estimate of drug-likeness (QED) is 0.807. The number of nitrogens with zero attached hydrogens (tertiary/aromatic N) is 4.